The predicted octanol–water partition coefficient (Wildman–Crippen LogP) is -0.339. The van der Waals surface area contributed by atoms with Crippen LogP contribution < -0.4 is 0 Å². The molecule has 56 valence electrons. The van der Waals surface area contributed by atoms with Crippen molar-refractivity contribution in [2.75, 3.05) is 7.05 Å². The Morgan fingerprint density at radius 2 is 1.50 bits per heavy atom. The number of likely N-dealkylation sites (tertiary alicyclic amines) is 1. The van der Waals surface area contributed by atoms with Gasteiger partial charge in [-0.3, -0.25) is 14.5 Å². The van der Waals surface area contributed by atoms with Crippen LogP contribution in [0.25, 0.3) is 0 Å². The highest BCUT2D eigenvalue weighted by atomic mass is 19.2. The van der Waals surface area contributed by atoms with Crippen LogP contribution in [0.5, 0.6) is 0 Å². The molecule has 0 aliphatic carbocycles. The molecule has 5 heteroatoms. The van der Waals surface area contributed by atoms with E-state index < -0.39 is 24.2 Å². The third-order valence-corrected chi connectivity index (χ3v) is 1.39. The summed E-state index contributed by atoms with van der Waals surface area (Å²) < 4.78 is 24.4. The lowest BCUT2D eigenvalue weighted by atomic mass is 10.3. The first kappa shape index (κ1) is 7.11. The van der Waals surface area contributed by atoms with E-state index in [0.717, 1.165) is 7.05 Å². The first-order valence-electron chi connectivity index (χ1n) is 2.65. The topological polar surface area (TPSA) is 37.4 Å². The molecular formula is C5H5F2NO2. The van der Waals surface area contributed by atoms with E-state index in [2.05, 4.69) is 0 Å². The van der Waals surface area contributed by atoms with E-state index in [1.54, 1.807) is 0 Å². The molecule has 0 N–H and O–H groups in total. The maximum atomic E-state index is 12.2. The Balaban J connectivity index is 2.89. The number of imide groups is 1. The second kappa shape index (κ2) is 2.00. The fourth-order valence-electron chi connectivity index (χ4n) is 0.729. The molecular weight excluding hydrogens is 144 g/mol. The summed E-state index contributed by atoms with van der Waals surface area (Å²) in [6.07, 6.45) is -4.59. The van der Waals surface area contributed by atoms with Gasteiger partial charge in [0.15, 0.2) is 0 Å². The minimum atomic E-state index is -2.29. The normalized spacial score (nSPS) is 33.7. The van der Waals surface area contributed by atoms with Crippen molar-refractivity contribution in [3.05, 3.63) is 0 Å². The third-order valence-electron chi connectivity index (χ3n) is 1.39. The summed E-state index contributed by atoms with van der Waals surface area (Å²) in [4.78, 5) is 21.3. The first-order valence-corrected chi connectivity index (χ1v) is 2.65. The third kappa shape index (κ3) is 0.698. The minimum absolute atomic E-state index is 0.454. The molecule has 1 heterocycles. The monoisotopic (exact) mass is 149 g/mol. The fraction of sp³-hybridized carbons (Fsp3) is 0.600. The number of rotatable bonds is 0. The lowest BCUT2D eigenvalue weighted by Crippen LogP contribution is -2.26. The number of hydrogen-bond acceptors (Lipinski definition) is 2. The number of amides is 2. The molecule has 1 rings (SSSR count). The summed E-state index contributed by atoms with van der Waals surface area (Å²) in [6.45, 7) is 0. The van der Waals surface area contributed by atoms with Crippen molar-refractivity contribution >= 4 is 11.8 Å². The van der Waals surface area contributed by atoms with Crippen LogP contribution in [-0.2, 0) is 9.59 Å². The van der Waals surface area contributed by atoms with Crippen LogP contribution in [-0.4, -0.2) is 36.1 Å². The molecule has 0 aromatic carbocycles. The van der Waals surface area contributed by atoms with Gasteiger partial charge in [0.2, 0.25) is 12.3 Å². The van der Waals surface area contributed by atoms with Gasteiger partial charge in [-0.1, -0.05) is 0 Å². The van der Waals surface area contributed by atoms with E-state index in [4.69, 9.17) is 0 Å². The molecule has 1 aliphatic heterocycles. The molecule has 3 nitrogen and oxygen atoms in total. The predicted molar refractivity (Wildman–Crippen MR) is 27.6 cm³/mol. The molecule has 0 aromatic rings. The molecule has 1 saturated heterocycles. The highest BCUT2D eigenvalue weighted by Crippen LogP contribution is 2.17. The van der Waals surface area contributed by atoms with Crippen molar-refractivity contribution in [1.29, 1.82) is 0 Å². The molecule has 2 amide bonds. The highest BCUT2D eigenvalue weighted by molar-refractivity contribution is 6.07. The molecule has 0 radical (unpaired) electrons. The van der Waals surface area contributed by atoms with Gasteiger partial charge in [0.25, 0.3) is 11.8 Å². The van der Waals surface area contributed by atoms with Gasteiger partial charge in [-0.05, 0) is 0 Å². The van der Waals surface area contributed by atoms with Crippen molar-refractivity contribution < 1.29 is 18.4 Å². The van der Waals surface area contributed by atoms with E-state index in [-0.39, 0.29) is 0 Å². The molecule has 2 unspecified atom stereocenters. The summed E-state index contributed by atoms with van der Waals surface area (Å²) in [5, 5.41) is 0. The van der Waals surface area contributed by atoms with Gasteiger partial charge < -0.3 is 0 Å². The van der Waals surface area contributed by atoms with Gasteiger partial charge in [-0.25, -0.2) is 8.78 Å². The van der Waals surface area contributed by atoms with Crippen LogP contribution in [0.2, 0.25) is 0 Å². The summed E-state index contributed by atoms with van der Waals surface area (Å²) in [5.41, 5.74) is 0. The van der Waals surface area contributed by atoms with Gasteiger partial charge >= 0.3 is 0 Å². The lowest BCUT2D eigenvalue weighted by molar-refractivity contribution is -0.138. The molecule has 0 saturated carbocycles. The van der Waals surface area contributed by atoms with Gasteiger partial charge in [-0.2, -0.15) is 0 Å². The molecule has 0 aromatic heterocycles. The standard InChI is InChI=1S/C5H5F2NO2/c1-8-4(9)2(6)3(7)5(8)10/h2-3H,1H3. The number of halogens is 2. The largest absolute Gasteiger partial charge is 0.280 e. The van der Waals surface area contributed by atoms with Gasteiger partial charge in [0.1, 0.15) is 0 Å². The van der Waals surface area contributed by atoms with Crippen molar-refractivity contribution in [3.63, 3.8) is 0 Å². The summed E-state index contributed by atoms with van der Waals surface area (Å²) in [5.74, 6) is -2.20. The number of nitrogens with zero attached hydrogens (tertiary/aromatic N) is 1. The maximum Gasteiger partial charge on any atom is 0.267 e. The average molecular weight is 149 g/mol. The summed E-state index contributed by atoms with van der Waals surface area (Å²) in [7, 11) is 1.05. The smallest absolute Gasteiger partial charge is 0.267 e. The first-order chi connectivity index (χ1) is 4.55. The number of carbonyl (C=O) groups is 2. The van der Waals surface area contributed by atoms with Crippen LogP contribution in [0, 0.1) is 0 Å². The van der Waals surface area contributed by atoms with Crippen molar-refractivity contribution in [3.8, 4) is 0 Å². The van der Waals surface area contributed by atoms with Crippen LogP contribution >= 0.6 is 0 Å². The lowest BCUT2D eigenvalue weighted by Gasteiger charge is -2.01. The van der Waals surface area contributed by atoms with E-state index in [1.165, 1.54) is 0 Å². The van der Waals surface area contributed by atoms with Crippen molar-refractivity contribution in [1.82, 2.24) is 4.90 Å². The fourth-order valence-corrected chi connectivity index (χ4v) is 0.729. The van der Waals surface area contributed by atoms with Crippen molar-refractivity contribution in [2.24, 2.45) is 0 Å². The van der Waals surface area contributed by atoms with Crippen LogP contribution in [0.15, 0.2) is 0 Å². The molecule has 1 aliphatic rings. The molecule has 1 fully saturated rings. The Kier molecular flexibility index (Phi) is 1.42. The maximum absolute atomic E-state index is 12.2. The molecule has 2 atom stereocenters. The number of carbonyl (C=O) groups excluding carboxylic acids is 2. The van der Waals surface area contributed by atoms with Gasteiger partial charge in [-0.15, -0.1) is 0 Å². The number of hydrogen-bond donors (Lipinski definition) is 0. The molecule has 0 spiro atoms. The SMILES string of the molecule is CN1C(=O)C(F)C(F)C1=O. The Hall–Kier alpha value is -1.00. The molecule has 0 bridgehead atoms. The Morgan fingerprint density at radius 3 is 1.60 bits per heavy atom. The Labute approximate surface area is 55.6 Å². The van der Waals surface area contributed by atoms with Crippen LogP contribution in [0.4, 0.5) is 8.78 Å². The van der Waals surface area contributed by atoms with E-state index >= 15 is 0 Å². The van der Waals surface area contributed by atoms with E-state index in [0.29, 0.717) is 4.90 Å². The zero-order valence-corrected chi connectivity index (χ0v) is 5.17. The van der Waals surface area contributed by atoms with Crippen LogP contribution in [0.3, 0.4) is 0 Å². The Bertz CT molecular complexity index is 174. The summed E-state index contributed by atoms with van der Waals surface area (Å²) in [6, 6.07) is 0. The Morgan fingerprint density at radius 1 is 1.20 bits per heavy atom. The minimum Gasteiger partial charge on any atom is -0.280 e. The zero-order valence-electron chi connectivity index (χ0n) is 5.17. The van der Waals surface area contributed by atoms with Gasteiger partial charge in [0, 0.05) is 7.05 Å². The van der Waals surface area contributed by atoms with E-state index in [1.807, 2.05) is 0 Å². The quantitative estimate of drug-likeness (QED) is 0.442. The van der Waals surface area contributed by atoms with Gasteiger partial charge in [0.05, 0.1) is 0 Å². The highest BCUT2D eigenvalue weighted by Gasteiger charge is 2.46. The summed E-state index contributed by atoms with van der Waals surface area (Å²) >= 11 is 0. The number of alkyl halides is 2. The van der Waals surface area contributed by atoms with Crippen LogP contribution in [0.1, 0.15) is 0 Å². The second-order valence-electron chi connectivity index (χ2n) is 2.04. The zero-order chi connectivity index (χ0) is 7.89. The molecule has 10 heavy (non-hydrogen) atoms. The van der Waals surface area contributed by atoms with Crippen molar-refractivity contribution in [2.45, 2.75) is 12.3 Å². The second-order valence-corrected chi connectivity index (χ2v) is 2.04. The van der Waals surface area contributed by atoms with E-state index in [9.17, 15) is 18.4 Å². The average Bonchev–Trinajstić information content (AvgIpc) is 2.07.